The van der Waals surface area contributed by atoms with Crippen LogP contribution in [0.15, 0.2) is 12.7 Å². The van der Waals surface area contributed by atoms with Crippen molar-refractivity contribution in [3.8, 4) is 6.07 Å². The third-order valence-corrected chi connectivity index (χ3v) is 3.00. The van der Waals surface area contributed by atoms with Gasteiger partial charge in [-0.3, -0.25) is 4.79 Å². The van der Waals surface area contributed by atoms with Gasteiger partial charge in [0.05, 0.1) is 6.07 Å². The number of hydrogen-bond acceptors (Lipinski definition) is 4. The summed E-state index contributed by atoms with van der Waals surface area (Å²) in [4.78, 5) is 23.9. The molecule has 1 amide bonds. The quantitative estimate of drug-likeness (QED) is 0.760. The van der Waals surface area contributed by atoms with Crippen molar-refractivity contribution < 1.29 is 19.4 Å². The Morgan fingerprint density at radius 1 is 1.56 bits per heavy atom. The largest absolute Gasteiger partial charge is 0.480 e. The van der Waals surface area contributed by atoms with Crippen LogP contribution >= 0.6 is 0 Å². The highest BCUT2D eigenvalue weighted by molar-refractivity contribution is 5.73. The van der Waals surface area contributed by atoms with E-state index < -0.39 is 18.0 Å². The molecule has 0 aromatic rings. The van der Waals surface area contributed by atoms with E-state index in [0.29, 0.717) is 25.9 Å². The molecular formula is C12H16N2O4. The molecule has 0 bridgehead atoms. The highest BCUT2D eigenvalue weighted by atomic mass is 16.6. The minimum absolute atomic E-state index is 0.161. The molecule has 0 saturated carbocycles. The number of hydrogen-bond donors (Lipinski definition) is 1. The molecule has 18 heavy (non-hydrogen) atoms. The minimum atomic E-state index is -1.09. The maximum Gasteiger partial charge on any atom is 0.410 e. The van der Waals surface area contributed by atoms with Crippen LogP contribution in [0.4, 0.5) is 4.79 Å². The molecule has 1 saturated heterocycles. The van der Waals surface area contributed by atoms with E-state index in [2.05, 4.69) is 6.58 Å². The summed E-state index contributed by atoms with van der Waals surface area (Å²) in [5.41, 5.74) is 0. The molecule has 0 aliphatic carbocycles. The van der Waals surface area contributed by atoms with Crippen LogP contribution < -0.4 is 0 Å². The molecule has 1 rings (SSSR count). The van der Waals surface area contributed by atoms with Crippen LogP contribution in [-0.2, 0) is 9.53 Å². The van der Waals surface area contributed by atoms with Gasteiger partial charge in [-0.05, 0) is 18.8 Å². The number of aliphatic carboxylic acids is 1. The van der Waals surface area contributed by atoms with Crippen LogP contribution in [-0.4, -0.2) is 41.8 Å². The lowest BCUT2D eigenvalue weighted by Gasteiger charge is -2.31. The van der Waals surface area contributed by atoms with Gasteiger partial charge in [0.25, 0.3) is 0 Å². The number of nitriles is 1. The Morgan fingerprint density at radius 2 is 2.17 bits per heavy atom. The van der Waals surface area contributed by atoms with Gasteiger partial charge in [0.15, 0.2) is 0 Å². The number of amides is 1. The van der Waals surface area contributed by atoms with Gasteiger partial charge in [-0.15, -0.1) is 0 Å². The smallest absolute Gasteiger partial charge is 0.410 e. The minimum Gasteiger partial charge on any atom is -0.480 e. The van der Waals surface area contributed by atoms with E-state index in [0.717, 1.165) is 0 Å². The Kier molecular flexibility index (Phi) is 5.18. The van der Waals surface area contributed by atoms with Crippen molar-refractivity contribution >= 4 is 12.1 Å². The topological polar surface area (TPSA) is 90.6 Å². The third-order valence-electron chi connectivity index (χ3n) is 3.00. The van der Waals surface area contributed by atoms with E-state index in [4.69, 9.17) is 15.1 Å². The fourth-order valence-electron chi connectivity index (χ4n) is 2.00. The summed E-state index contributed by atoms with van der Waals surface area (Å²) in [7, 11) is 0. The van der Waals surface area contributed by atoms with E-state index in [1.54, 1.807) is 6.07 Å². The van der Waals surface area contributed by atoms with Gasteiger partial charge in [0.1, 0.15) is 12.5 Å². The van der Waals surface area contributed by atoms with E-state index in [1.807, 2.05) is 0 Å². The molecule has 1 fully saturated rings. The van der Waals surface area contributed by atoms with Crippen molar-refractivity contribution in [3.63, 3.8) is 0 Å². The van der Waals surface area contributed by atoms with E-state index in [9.17, 15) is 9.59 Å². The van der Waals surface area contributed by atoms with Crippen LogP contribution in [0.2, 0.25) is 0 Å². The number of ether oxygens (including phenoxy) is 1. The molecule has 1 aliphatic heterocycles. The van der Waals surface area contributed by atoms with Crippen LogP contribution in [0.1, 0.15) is 12.8 Å². The molecule has 1 heterocycles. The summed E-state index contributed by atoms with van der Waals surface area (Å²) in [6.07, 6.45) is 2.08. The van der Waals surface area contributed by atoms with Gasteiger partial charge in [-0.25, -0.2) is 4.79 Å². The first-order valence-electron chi connectivity index (χ1n) is 5.75. The van der Waals surface area contributed by atoms with Gasteiger partial charge in [0.2, 0.25) is 0 Å². The number of rotatable bonds is 4. The van der Waals surface area contributed by atoms with Crippen LogP contribution in [0.25, 0.3) is 0 Å². The lowest BCUT2D eigenvalue weighted by Crippen LogP contribution is -2.41. The Hall–Kier alpha value is -2.03. The van der Waals surface area contributed by atoms with E-state index in [-0.39, 0.29) is 12.5 Å². The molecule has 0 aromatic carbocycles. The Bertz CT molecular complexity index is 367. The SMILES string of the molecule is C=CCOC(=O)N1CCC(C(C#N)C(=O)O)CC1. The number of carboxylic acid groups (broad SMARTS) is 1. The van der Waals surface area contributed by atoms with E-state index in [1.165, 1.54) is 11.0 Å². The summed E-state index contributed by atoms with van der Waals surface area (Å²) >= 11 is 0. The van der Waals surface area contributed by atoms with E-state index >= 15 is 0 Å². The van der Waals surface area contributed by atoms with Crippen molar-refractivity contribution in [2.45, 2.75) is 12.8 Å². The fraction of sp³-hybridized carbons (Fsp3) is 0.583. The van der Waals surface area contributed by atoms with Crippen LogP contribution in [0.3, 0.4) is 0 Å². The van der Waals surface area contributed by atoms with Crippen molar-refractivity contribution in [1.82, 2.24) is 4.90 Å². The number of carboxylic acids is 1. The summed E-state index contributed by atoms with van der Waals surface area (Å²) in [5, 5.41) is 17.7. The molecule has 1 aliphatic rings. The monoisotopic (exact) mass is 252 g/mol. The zero-order valence-electron chi connectivity index (χ0n) is 10.0. The summed E-state index contributed by atoms with van der Waals surface area (Å²) < 4.78 is 4.89. The van der Waals surface area contributed by atoms with Crippen molar-refractivity contribution in [1.29, 1.82) is 5.26 Å². The molecule has 6 heteroatoms. The standard InChI is InChI=1S/C12H16N2O4/c1-2-7-18-12(17)14-5-3-9(4-6-14)10(8-13)11(15)16/h2,9-10H,1,3-7H2,(H,15,16). The maximum absolute atomic E-state index is 11.5. The third kappa shape index (κ3) is 3.48. The van der Waals surface area contributed by atoms with Gasteiger partial charge in [-0.1, -0.05) is 12.7 Å². The summed E-state index contributed by atoms with van der Waals surface area (Å²) in [5.74, 6) is -2.28. The molecule has 6 nitrogen and oxygen atoms in total. The molecule has 98 valence electrons. The van der Waals surface area contributed by atoms with Gasteiger partial charge >= 0.3 is 12.1 Å². The molecule has 0 aromatic heterocycles. The van der Waals surface area contributed by atoms with Gasteiger partial charge < -0.3 is 14.7 Å². The Morgan fingerprint density at radius 3 is 2.61 bits per heavy atom. The number of piperidine rings is 1. The van der Waals surface area contributed by atoms with Crippen molar-refractivity contribution in [2.75, 3.05) is 19.7 Å². The predicted molar refractivity (Wildman–Crippen MR) is 62.6 cm³/mol. The first-order chi connectivity index (χ1) is 8.60. The predicted octanol–water partition coefficient (Wildman–Crippen LogP) is 1.25. The second-order valence-electron chi connectivity index (χ2n) is 4.14. The number of likely N-dealkylation sites (tertiary alicyclic amines) is 1. The first-order valence-corrected chi connectivity index (χ1v) is 5.75. The highest BCUT2D eigenvalue weighted by Crippen LogP contribution is 2.25. The van der Waals surface area contributed by atoms with Crippen molar-refractivity contribution in [3.05, 3.63) is 12.7 Å². The maximum atomic E-state index is 11.5. The Balaban J connectivity index is 2.45. The zero-order chi connectivity index (χ0) is 13.5. The van der Waals surface area contributed by atoms with Crippen LogP contribution in [0.5, 0.6) is 0 Å². The fourth-order valence-corrected chi connectivity index (χ4v) is 2.00. The normalized spacial score (nSPS) is 17.6. The molecule has 0 radical (unpaired) electrons. The molecule has 1 atom stereocenters. The molecule has 1 unspecified atom stereocenters. The molecule has 1 N–H and O–H groups in total. The summed E-state index contributed by atoms with van der Waals surface area (Å²) in [6.45, 7) is 4.45. The average Bonchev–Trinajstić information content (AvgIpc) is 2.37. The number of nitrogens with zero attached hydrogens (tertiary/aromatic N) is 2. The zero-order valence-corrected chi connectivity index (χ0v) is 10.0. The van der Waals surface area contributed by atoms with Crippen LogP contribution in [0, 0.1) is 23.2 Å². The van der Waals surface area contributed by atoms with Gasteiger partial charge in [0, 0.05) is 13.1 Å². The van der Waals surface area contributed by atoms with Gasteiger partial charge in [-0.2, -0.15) is 5.26 Å². The average molecular weight is 252 g/mol. The molecule has 0 spiro atoms. The lowest BCUT2D eigenvalue weighted by atomic mass is 9.85. The molecular weight excluding hydrogens is 236 g/mol. The lowest BCUT2D eigenvalue weighted by molar-refractivity contribution is -0.141. The summed E-state index contributed by atoms with van der Waals surface area (Å²) in [6, 6.07) is 1.80. The highest BCUT2D eigenvalue weighted by Gasteiger charge is 2.32. The Labute approximate surface area is 105 Å². The number of carbonyl (C=O) groups is 2. The second-order valence-corrected chi connectivity index (χ2v) is 4.14. The second kappa shape index (κ2) is 6.64. The van der Waals surface area contributed by atoms with Crippen molar-refractivity contribution in [2.24, 2.45) is 11.8 Å². The first kappa shape index (κ1) is 14.0. The number of carbonyl (C=O) groups excluding carboxylic acids is 1.